The van der Waals surface area contributed by atoms with Gasteiger partial charge in [-0.05, 0) is 26.7 Å². The van der Waals surface area contributed by atoms with Crippen molar-refractivity contribution in [2.75, 3.05) is 6.54 Å². The third kappa shape index (κ3) is 3.68. The first-order chi connectivity index (χ1) is 10.6. The van der Waals surface area contributed by atoms with Crippen LogP contribution in [0.15, 0.2) is 10.7 Å². The van der Waals surface area contributed by atoms with E-state index in [1.165, 1.54) is 20.1 Å². The Labute approximate surface area is 131 Å². The molecule has 0 aromatic carbocycles. The Morgan fingerprint density at radius 2 is 1.96 bits per heavy atom. The highest BCUT2D eigenvalue weighted by atomic mass is 19.4. The number of amides is 2. The predicted molar refractivity (Wildman–Crippen MR) is 75.9 cm³/mol. The number of piperidine rings is 1. The van der Waals surface area contributed by atoms with E-state index in [0.717, 1.165) is 4.90 Å². The molecule has 0 aliphatic carbocycles. The number of furan rings is 1. The summed E-state index contributed by atoms with van der Waals surface area (Å²) in [7, 11) is 0. The maximum Gasteiger partial charge on any atom is 0.408 e. The summed E-state index contributed by atoms with van der Waals surface area (Å²) in [6.45, 7) is 4.28. The van der Waals surface area contributed by atoms with Gasteiger partial charge in [0.05, 0.1) is 11.8 Å². The van der Waals surface area contributed by atoms with Crippen molar-refractivity contribution in [1.82, 2.24) is 10.2 Å². The van der Waals surface area contributed by atoms with Crippen LogP contribution in [-0.2, 0) is 4.79 Å². The van der Waals surface area contributed by atoms with Crippen LogP contribution in [0.3, 0.4) is 0 Å². The van der Waals surface area contributed by atoms with Crippen LogP contribution in [0, 0.1) is 13.8 Å². The van der Waals surface area contributed by atoms with Gasteiger partial charge in [0.15, 0.2) is 0 Å². The van der Waals surface area contributed by atoms with Gasteiger partial charge in [-0.2, -0.15) is 13.2 Å². The Bertz CT molecular complexity index is 590. The van der Waals surface area contributed by atoms with Crippen molar-refractivity contribution < 1.29 is 27.2 Å². The molecule has 1 aromatic heterocycles. The van der Waals surface area contributed by atoms with E-state index in [1.54, 1.807) is 6.92 Å². The van der Waals surface area contributed by atoms with Crippen molar-refractivity contribution in [2.45, 2.75) is 51.9 Å². The number of likely N-dealkylation sites (tertiary alicyclic amines) is 1. The highest BCUT2D eigenvalue weighted by Gasteiger charge is 2.48. The molecular weight excluding hydrogens is 313 g/mol. The molecule has 0 bridgehead atoms. The highest BCUT2D eigenvalue weighted by molar-refractivity contribution is 5.97. The molecule has 1 N–H and O–H groups in total. The number of alkyl halides is 3. The monoisotopic (exact) mass is 332 g/mol. The van der Waals surface area contributed by atoms with Crippen LogP contribution in [0.1, 0.15) is 41.4 Å². The minimum atomic E-state index is -4.51. The number of halogens is 3. The third-order valence-electron chi connectivity index (χ3n) is 4.00. The lowest BCUT2D eigenvalue weighted by molar-refractivity contribution is -0.184. The van der Waals surface area contributed by atoms with E-state index < -0.39 is 24.2 Å². The third-order valence-corrected chi connectivity index (χ3v) is 4.00. The summed E-state index contributed by atoms with van der Waals surface area (Å²) < 4.78 is 45.0. The zero-order chi connectivity index (χ0) is 17.4. The quantitative estimate of drug-likeness (QED) is 0.905. The van der Waals surface area contributed by atoms with Crippen molar-refractivity contribution >= 4 is 11.8 Å². The van der Waals surface area contributed by atoms with Crippen molar-refractivity contribution in [1.29, 1.82) is 0 Å². The first-order valence-electron chi connectivity index (χ1n) is 7.30. The summed E-state index contributed by atoms with van der Waals surface area (Å²) in [5.74, 6) is -0.760. The molecule has 2 rings (SSSR count). The molecule has 128 valence electrons. The van der Waals surface area contributed by atoms with Crippen LogP contribution in [0.25, 0.3) is 0 Å². The lowest BCUT2D eigenvalue weighted by Crippen LogP contribution is -2.58. The molecule has 1 aromatic rings. The second-order valence-corrected chi connectivity index (χ2v) is 5.84. The molecule has 2 heterocycles. The fraction of sp³-hybridized carbons (Fsp3) is 0.600. The molecule has 0 spiro atoms. The summed E-state index contributed by atoms with van der Waals surface area (Å²) in [5.41, 5.74) is 0.651. The molecule has 8 heteroatoms. The van der Waals surface area contributed by atoms with E-state index in [4.69, 9.17) is 4.42 Å². The Hall–Kier alpha value is -1.99. The van der Waals surface area contributed by atoms with Gasteiger partial charge in [-0.1, -0.05) is 0 Å². The van der Waals surface area contributed by atoms with E-state index in [1.807, 2.05) is 0 Å². The van der Waals surface area contributed by atoms with Crippen LogP contribution in [0.2, 0.25) is 0 Å². The van der Waals surface area contributed by atoms with Gasteiger partial charge in [0, 0.05) is 25.1 Å². The Morgan fingerprint density at radius 3 is 2.43 bits per heavy atom. The number of aryl methyl sites for hydroxylation is 2. The molecule has 2 unspecified atom stereocenters. The Morgan fingerprint density at radius 1 is 1.30 bits per heavy atom. The van der Waals surface area contributed by atoms with E-state index >= 15 is 0 Å². The molecule has 2 amide bonds. The highest BCUT2D eigenvalue weighted by Crippen LogP contribution is 2.33. The lowest BCUT2D eigenvalue weighted by atomic mass is 9.96. The molecule has 1 fully saturated rings. The zero-order valence-electron chi connectivity index (χ0n) is 13.2. The van der Waals surface area contributed by atoms with Gasteiger partial charge in [-0.3, -0.25) is 9.59 Å². The summed E-state index contributed by atoms with van der Waals surface area (Å²) in [6, 6.07) is -2.34. The van der Waals surface area contributed by atoms with Crippen molar-refractivity contribution in [3.63, 3.8) is 0 Å². The minimum absolute atomic E-state index is 0.155. The first-order valence-corrected chi connectivity index (χ1v) is 7.30. The normalized spacial score (nSPS) is 22.1. The van der Waals surface area contributed by atoms with Gasteiger partial charge in [-0.15, -0.1) is 0 Å². The van der Waals surface area contributed by atoms with Crippen LogP contribution in [-0.4, -0.2) is 41.5 Å². The topological polar surface area (TPSA) is 62.6 Å². The van der Waals surface area contributed by atoms with Gasteiger partial charge >= 0.3 is 6.18 Å². The van der Waals surface area contributed by atoms with Gasteiger partial charge in [0.1, 0.15) is 11.8 Å². The fourth-order valence-electron chi connectivity index (χ4n) is 2.98. The maximum absolute atomic E-state index is 13.3. The van der Waals surface area contributed by atoms with E-state index in [2.05, 4.69) is 5.32 Å². The largest absolute Gasteiger partial charge is 0.469 e. The number of hydrogen-bond donors (Lipinski definition) is 1. The second-order valence-electron chi connectivity index (χ2n) is 5.84. The van der Waals surface area contributed by atoms with Gasteiger partial charge < -0.3 is 14.6 Å². The predicted octanol–water partition coefficient (Wildman–Crippen LogP) is 2.57. The molecule has 5 nitrogen and oxygen atoms in total. The molecule has 1 saturated heterocycles. The standard InChI is InChI=1S/C15H19F3N2O3/c1-8-7-23-9(2)13(8)14(22)20-6-11(19-10(3)21)4-5-12(20)15(16,17)18/h7,11-12H,4-6H2,1-3H3,(H,19,21). The number of hydrogen-bond acceptors (Lipinski definition) is 3. The van der Waals surface area contributed by atoms with Gasteiger partial charge in [-0.25, -0.2) is 0 Å². The molecule has 0 radical (unpaired) electrons. The molecule has 1 aliphatic rings. The molecule has 2 atom stereocenters. The minimum Gasteiger partial charge on any atom is -0.469 e. The van der Waals surface area contributed by atoms with Crippen molar-refractivity contribution in [2.24, 2.45) is 0 Å². The first kappa shape index (κ1) is 17.4. The van der Waals surface area contributed by atoms with E-state index in [0.29, 0.717) is 5.56 Å². The van der Waals surface area contributed by atoms with Gasteiger partial charge in [0.25, 0.3) is 5.91 Å². The van der Waals surface area contributed by atoms with E-state index in [-0.39, 0.29) is 36.6 Å². The SMILES string of the molecule is CC(=O)NC1CCC(C(F)(F)F)N(C(=O)c2c(C)coc2C)C1. The van der Waals surface area contributed by atoms with Crippen LogP contribution >= 0.6 is 0 Å². The summed E-state index contributed by atoms with van der Waals surface area (Å²) in [4.78, 5) is 24.6. The van der Waals surface area contributed by atoms with E-state index in [9.17, 15) is 22.8 Å². The average Bonchev–Trinajstić information content (AvgIpc) is 2.75. The second kappa shape index (κ2) is 6.25. The number of rotatable bonds is 2. The maximum atomic E-state index is 13.3. The number of carbonyl (C=O) groups excluding carboxylic acids is 2. The molecule has 1 aliphatic heterocycles. The van der Waals surface area contributed by atoms with Crippen molar-refractivity contribution in [3.8, 4) is 0 Å². The van der Waals surface area contributed by atoms with Crippen LogP contribution in [0.5, 0.6) is 0 Å². The Balaban J connectivity index is 2.31. The average molecular weight is 332 g/mol. The molecular formula is C15H19F3N2O3. The van der Waals surface area contributed by atoms with Crippen LogP contribution in [0.4, 0.5) is 13.2 Å². The number of carbonyl (C=O) groups is 2. The summed E-state index contributed by atoms with van der Waals surface area (Å²) in [5, 5.41) is 2.59. The zero-order valence-corrected chi connectivity index (χ0v) is 13.2. The number of nitrogens with zero attached hydrogens (tertiary/aromatic N) is 1. The van der Waals surface area contributed by atoms with Crippen LogP contribution < -0.4 is 5.32 Å². The fourth-order valence-corrected chi connectivity index (χ4v) is 2.98. The Kier molecular flexibility index (Phi) is 4.72. The molecule has 0 saturated carbocycles. The summed E-state index contributed by atoms with van der Waals surface area (Å²) in [6.07, 6.45) is -3.23. The number of nitrogens with one attached hydrogen (secondary N) is 1. The van der Waals surface area contributed by atoms with Crippen molar-refractivity contribution in [3.05, 3.63) is 23.2 Å². The van der Waals surface area contributed by atoms with Gasteiger partial charge in [0.2, 0.25) is 5.91 Å². The molecule has 23 heavy (non-hydrogen) atoms. The lowest BCUT2D eigenvalue weighted by Gasteiger charge is -2.40. The summed E-state index contributed by atoms with van der Waals surface area (Å²) >= 11 is 0. The smallest absolute Gasteiger partial charge is 0.408 e.